The molecule has 3 aromatic rings. The number of hydrogen-bond donors (Lipinski definition) is 1. The number of rotatable bonds is 5. The summed E-state index contributed by atoms with van der Waals surface area (Å²) in [5.74, 6) is 0.295. The van der Waals surface area contributed by atoms with E-state index in [0.717, 1.165) is 16.8 Å². The van der Waals surface area contributed by atoms with Crippen LogP contribution in [0.2, 0.25) is 5.02 Å². The Hall–Kier alpha value is -2.36. The van der Waals surface area contributed by atoms with E-state index in [0.29, 0.717) is 10.8 Å². The molecule has 128 valence electrons. The lowest BCUT2D eigenvalue weighted by Crippen LogP contribution is -2.32. The van der Waals surface area contributed by atoms with Crippen molar-refractivity contribution in [1.82, 2.24) is 4.98 Å². The van der Waals surface area contributed by atoms with Crippen LogP contribution in [0.25, 0.3) is 0 Å². The van der Waals surface area contributed by atoms with Crippen LogP contribution < -0.4 is 4.74 Å². The quantitative estimate of drug-likeness (QED) is 0.717. The Morgan fingerprint density at radius 3 is 2.48 bits per heavy atom. The van der Waals surface area contributed by atoms with Crippen molar-refractivity contribution in [3.8, 4) is 5.75 Å². The molecule has 3 nitrogen and oxygen atoms in total. The van der Waals surface area contributed by atoms with Crippen molar-refractivity contribution in [1.29, 1.82) is 0 Å². The van der Waals surface area contributed by atoms with Crippen molar-refractivity contribution in [3.05, 3.63) is 94.8 Å². The largest absolute Gasteiger partial charge is 0.496 e. The van der Waals surface area contributed by atoms with Crippen LogP contribution in [0.5, 0.6) is 5.75 Å². The first-order chi connectivity index (χ1) is 12.0. The minimum atomic E-state index is -1.23. The van der Waals surface area contributed by atoms with E-state index in [2.05, 4.69) is 4.98 Å². The summed E-state index contributed by atoms with van der Waals surface area (Å²) in [7, 11) is 1.63. The van der Waals surface area contributed by atoms with Crippen molar-refractivity contribution in [2.75, 3.05) is 7.11 Å². The molecule has 0 saturated heterocycles. The van der Waals surface area contributed by atoms with Gasteiger partial charge in [-0.25, -0.2) is 0 Å². The standard InChI is InChI=1S/C21H20ClNO2/c1-21(24,15-8-7-9-16(22)14-15)20(18-11-5-6-13-23-18)17-10-3-4-12-19(17)25-2/h3-14,20,24H,1-2H3/t20-,21-/m1/s1. The van der Waals surface area contributed by atoms with E-state index in [4.69, 9.17) is 16.3 Å². The molecule has 1 aromatic heterocycles. The van der Waals surface area contributed by atoms with Crippen LogP contribution in [0, 0.1) is 0 Å². The van der Waals surface area contributed by atoms with Gasteiger partial charge in [0.1, 0.15) is 5.75 Å². The van der Waals surface area contributed by atoms with Crippen LogP contribution in [0.1, 0.15) is 29.7 Å². The van der Waals surface area contributed by atoms with E-state index in [1.807, 2.05) is 54.6 Å². The lowest BCUT2D eigenvalue weighted by molar-refractivity contribution is 0.0373. The fraction of sp³-hybridized carbons (Fsp3) is 0.190. The van der Waals surface area contributed by atoms with Crippen LogP contribution in [-0.2, 0) is 5.60 Å². The molecule has 0 unspecified atom stereocenters. The Labute approximate surface area is 152 Å². The van der Waals surface area contributed by atoms with E-state index >= 15 is 0 Å². The molecule has 2 aromatic carbocycles. The van der Waals surface area contributed by atoms with E-state index in [-0.39, 0.29) is 0 Å². The first kappa shape index (κ1) is 17.5. The second kappa shape index (κ2) is 7.26. The second-order valence-electron chi connectivity index (χ2n) is 6.09. The topological polar surface area (TPSA) is 42.4 Å². The lowest BCUT2D eigenvalue weighted by Gasteiger charge is -2.34. The predicted molar refractivity (Wildman–Crippen MR) is 100 cm³/mol. The maximum absolute atomic E-state index is 11.5. The van der Waals surface area contributed by atoms with Crippen molar-refractivity contribution in [3.63, 3.8) is 0 Å². The van der Waals surface area contributed by atoms with Gasteiger partial charge in [0.05, 0.1) is 24.3 Å². The average Bonchev–Trinajstić information content (AvgIpc) is 2.63. The van der Waals surface area contributed by atoms with Gasteiger partial charge in [0.2, 0.25) is 0 Å². The third-order valence-corrected chi connectivity index (χ3v) is 4.64. The van der Waals surface area contributed by atoms with E-state index < -0.39 is 11.5 Å². The molecule has 1 heterocycles. The number of para-hydroxylation sites is 1. The third kappa shape index (κ3) is 3.53. The van der Waals surface area contributed by atoms with E-state index in [9.17, 15) is 5.11 Å². The van der Waals surface area contributed by atoms with E-state index in [1.165, 1.54) is 0 Å². The highest BCUT2D eigenvalue weighted by atomic mass is 35.5. The Kier molecular flexibility index (Phi) is 5.07. The molecule has 0 amide bonds. The van der Waals surface area contributed by atoms with Gasteiger partial charge in [-0.05, 0) is 42.8 Å². The molecule has 0 spiro atoms. The molecular weight excluding hydrogens is 334 g/mol. The van der Waals surface area contributed by atoms with Gasteiger partial charge >= 0.3 is 0 Å². The van der Waals surface area contributed by atoms with Gasteiger partial charge in [0.25, 0.3) is 0 Å². The van der Waals surface area contributed by atoms with Crippen LogP contribution in [-0.4, -0.2) is 17.2 Å². The Bertz CT molecular complexity index is 849. The second-order valence-corrected chi connectivity index (χ2v) is 6.52. The minimum absolute atomic E-state index is 0.414. The molecular formula is C21H20ClNO2. The molecule has 25 heavy (non-hydrogen) atoms. The number of ether oxygens (including phenoxy) is 1. The number of methoxy groups -OCH3 is 1. The zero-order valence-electron chi connectivity index (χ0n) is 14.2. The van der Waals surface area contributed by atoms with Gasteiger partial charge in [-0.15, -0.1) is 0 Å². The number of benzene rings is 2. The smallest absolute Gasteiger partial charge is 0.122 e. The highest BCUT2D eigenvalue weighted by Crippen LogP contribution is 2.44. The Morgan fingerprint density at radius 1 is 1.04 bits per heavy atom. The molecule has 0 aliphatic heterocycles. The maximum atomic E-state index is 11.5. The SMILES string of the molecule is COc1ccccc1[C@H](c1ccccn1)[C@](C)(O)c1cccc(Cl)c1. The van der Waals surface area contributed by atoms with Crippen LogP contribution in [0.4, 0.5) is 0 Å². The van der Waals surface area contributed by atoms with Gasteiger partial charge in [-0.2, -0.15) is 0 Å². The van der Waals surface area contributed by atoms with Gasteiger partial charge in [-0.1, -0.05) is 48.0 Å². The van der Waals surface area contributed by atoms with Crippen molar-refractivity contribution in [2.45, 2.75) is 18.4 Å². The molecule has 0 aliphatic carbocycles. The van der Waals surface area contributed by atoms with Crippen molar-refractivity contribution < 1.29 is 9.84 Å². The van der Waals surface area contributed by atoms with Crippen LogP contribution >= 0.6 is 11.6 Å². The molecule has 0 fully saturated rings. The normalized spacial score (nSPS) is 14.6. The van der Waals surface area contributed by atoms with Gasteiger partial charge in [-0.3, -0.25) is 4.98 Å². The molecule has 3 rings (SSSR count). The summed E-state index contributed by atoms with van der Waals surface area (Å²) in [6.45, 7) is 1.78. The fourth-order valence-electron chi connectivity index (χ4n) is 3.17. The molecule has 2 atom stereocenters. The molecule has 0 saturated carbocycles. The maximum Gasteiger partial charge on any atom is 0.122 e. The molecule has 0 bridgehead atoms. The summed E-state index contributed by atoms with van der Waals surface area (Å²) in [4.78, 5) is 4.50. The molecule has 4 heteroatoms. The summed E-state index contributed by atoms with van der Waals surface area (Å²) in [5.41, 5.74) is 1.13. The van der Waals surface area contributed by atoms with Crippen LogP contribution in [0.3, 0.4) is 0 Å². The minimum Gasteiger partial charge on any atom is -0.496 e. The number of hydrogen-bond acceptors (Lipinski definition) is 3. The predicted octanol–water partition coefficient (Wildman–Crippen LogP) is 4.78. The van der Waals surface area contributed by atoms with Gasteiger partial charge in [0, 0.05) is 16.8 Å². The summed E-state index contributed by atoms with van der Waals surface area (Å²) >= 11 is 6.15. The third-order valence-electron chi connectivity index (χ3n) is 4.40. The number of halogens is 1. The number of nitrogens with zero attached hydrogens (tertiary/aromatic N) is 1. The Morgan fingerprint density at radius 2 is 1.80 bits per heavy atom. The summed E-state index contributed by atoms with van der Waals surface area (Å²) in [5, 5.41) is 12.1. The molecule has 1 N–H and O–H groups in total. The van der Waals surface area contributed by atoms with Crippen molar-refractivity contribution in [2.24, 2.45) is 0 Å². The summed E-state index contributed by atoms with van der Waals surface area (Å²) in [6, 6.07) is 20.7. The van der Waals surface area contributed by atoms with Crippen LogP contribution in [0.15, 0.2) is 72.9 Å². The van der Waals surface area contributed by atoms with Gasteiger partial charge < -0.3 is 9.84 Å². The average molecular weight is 354 g/mol. The zero-order chi connectivity index (χ0) is 17.9. The summed E-state index contributed by atoms with van der Waals surface area (Å²) < 4.78 is 5.54. The lowest BCUT2D eigenvalue weighted by atomic mass is 9.76. The first-order valence-electron chi connectivity index (χ1n) is 8.06. The van der Waals surface area contributed by atoms with Crippen molar-refractivity contribution >= 4 is 11.6 Å². The Balaban J connectivity index is 2.21. The zero-order valence-corrected chi connectivity index (χ0v) is 14.9. The molecule has 0 radical (unpaired) electrons. The monoisotopic (exact) mass is 353 g/mol. The fourth-order valence-corrected chi connectivity index (χ4v) is 3.36. The van der Waals surface area contributed by atoms with E-state index in [1.54, 1.807) is 32.4 Å². The highest BCUT2D eigenvalue weighted by Gasteiger charge is 2.38. The number of aliphatic hydroxyl groups is 1. The molecule has 0 aliphatic rings. The highest BCUT2D eigenvalue weighted by molar-refractivity contribution is 6.30. The van der Waals surface area contributed by atoms with Gasteiger partial charge in [0.15, 0.2) is 0 Å². The summed E-state index contributed by atoms with van der Waals surface area (Å²) in [6.07, 6.45) is 1.73. The first-order valence-corrected chi connectivity index (χ1v) is 8.44. The number of pyridine rings is 1. The number of aromatic nitrogens is 1.